The van der Waals surface area contributed by atoms with E-state index in [1.807, 2.05) is 14.1 Å². The molecule has 0 radical (unpaired) electrons. The van der Waals surface area contributed by atoms with E-state index >= 15 is 0 Å². The zero-order valence-corrected chi connectivity index (χ0v) is 12.9. The molecule has 142 valence electrons. The highest BCUT2D eigenvalue weighted by atomic mass is 32.2. The highest BCUT2D eigenvalue weighted by molar-refractivity contribution is 7.87. The predicted molar refractivity (Wildman–Crippen MR) is 65.8 cm³/mol. The van der Waals surface area contributed by atoms with E-state index in [-0.39, 0.29) is 0 Å². The van der Waals surface area contributed by atoms with E-state index < -0.39 is 59.3 Å². The molecule has 0 aliphatic rings. The summed E-state index contributed by atoms with van der Waals surface area (Å²) >= 11 is 0. The van der Waals surface area contributed by atoms with Crippen LogP contribution in [0.15, 0.2) is 0 Å². The van der Waals surface area contributed by atoms with Crippen molar-refractivity contribution in [3.63, 3.8) is 0 Å². The summed E-state index contributed by atoms with van der Waals surface area (Å²) in [5.41, 5.74) is 0. The van der Waals surface area contributed by atoms with Crippen LogP contribution in [0.25, 0.3) is 0 Å². The van der Waals surface area contributed by atoms with Crippen molar-refractivity contribution < 1.29 is 48.1 Å². The van der Waals surface area contributed by atoms with E-state index in [0.717, 1.165) is 0 Å². The summed E-state index contributed by atoms with van der Waals surface area (Å²) in [5, 5.41) is -3.32. The molecule has 2 N–H and O–H groups in total. The summed E-state index contributed by atoms with van der Waals surface area (Å²) in [4.78, 5) is 0. The second-order valence-electron chi connectivity index (χ2n) is 4.44. The first-order valence-electron chi connectivity index (χ1n) is 6.06. The van der Waals surface area contributed by atoms with Gasteiger partial charge in [0.2, 0.25) is 0 Å². The number of halogens is 8. The first-order chi connectivity index (χ1) is 10.0. The standard InChI is InChI=1S/C8H10F8O3S.C2H7N/c9-5(3-1-2-4-6(10,11)12)7(13,14)8(15,16)20(17,18)19;1-3-2/h5H,1-4H2,(H,17,18,19);3H,1-2H3. The summed E-state index contributed by atoms with van der Waals surface area (Å²) in [5.74, 6) is -5.75. The molecule has 0 aliphatic heterocycles. The van der Waals surface area contributed by atoms with Crippen LogP contribution in [0.1, 0.15) is 25.7 Å². The zero-order valence-electron chi connectivity index (χ0n) is 12.1. The predicted octanol–water partition coefficient (Wildman–Crippen LogP) is 3.40. The maximum Gasteiger partial charge on any atom is 0.434 e. The highest BCUT2D eigenvalue weighted by Crippen LogP contribution is 2.43. The number of unbranched alkanes of at least 4 members (excludes halogenated alkanes) is 1. The van der Waals surface area contributed by atoms with Crippen LogP contribution in [-0.4, -0.2) is 50.6 Å². The minimum atomic E-state index is -6.56. The van der Waals surface area contributed by atoms with Crippen molar-refractivity contribution in [2.24, 2.45) is 0 Å². The summed E-state index contributed by atoms with van der Waals surface area (Å²) < 4.78 is 127. The van der Waals surface area contributed by atoms with Gasteiger partial charge in [-0.25, -0.2) is 4.39 Å². The van der Waals surface area contributed by atoms with Gasteiger partial charge in [-0.1, -0.05) is 0 Å². The summed E-state index contributed by atoms with van der Waals surface area (Å²) in [6.45, 7) is 0. The van der Waals surface area contributed by atoms with Crippen LogP contribution >= 0.6 is 0 Å². The topological polar surface area (TPSA) is 66.4 Å². The van der Waals surface area contributed by atoms with Crippen molar-refractivity contribution in [2.45, 2.75) is 49.2 Å². The van der Waals surface area contributed by atoms with E-state index in [9.17, 15) is 43.5 Å². The SMILES string of the molecule is CNC.O=S(=O)(O)C(F)(F)C(F)(F)C(F)CCCCC(F)(F)F. The van der Waals surface area contributed by atoms with Gasteiger partial charge < -0.3 is 5.32 Å². The molecular weight excluding hydrogens is 366 g/mol. The molecule has 1 unspecified atom stereocenters. The second kappa shape index (κ2) is 8.97. The quantitative estimate of drug-likeness (QED) is 0.402. The molecule has 0 spiro atoms. The lowest BCUT2D eigenvalue weighted by Gasteiger charge is -2.26. The van der Waals surface area contributed by atoms with Crippen molar-refractivity contribution in [1.82, 2.24) is 5.32 Å². The molecule has 0 heterocycles. The third-order valence-corrected chi connectivity index (χ3v) is 3.19. The molecular formula is C10H17F8NO3S. The average molecular weight is 383 g/mol. The Morgan fingerprint density at radius 1 is 1.00 bits per heavy atom. The fourth-order valence-electron chi connectivity index (χ4n) is 1.18. The fraction of sp³-hybridized carbons (Fsp3) is 1.00. The molecule has 23 heavy (non-hydrogen) atoms. The Bertz CT molecular complexity index is 438. The molecule has 0 saturated heterocycles. The normalized spacial score (nSPS) is 14.9. The Morgan fingerprint density at radius 3 is 1.70 bits per heavy atom. The fourth-order valence-corrected chi connectivity index (χ4v) is 1.66. The average Bonchev–Trinajstić information content (AvgIpc) is 2.32. The molecule has 0 fully saturated rings. The van der Waals surface area contributed by atoms with Gasteiger partial charge in [0.1, 0.15) is 0 Å². The Hall–Kier alpha value is -0.690. The van der Waals surface area contributed by atoms with Crippen LogP contribution in [0.3, 0.4) is 0 Å². The molecule has 1 atom stereocenters. The van der Waals surface area contributed by atoms with E-state index in [1.54, 1.807) is 0 Å². The number of hydrogen-bond acceptors (Lipinski definition) is 3. The van der Waals surface area contributed by atoms with Crippen LogP contribution in [-0.2, 0) is 10.1 Å². The number of rotatable bonds is 7. The van der Waals surface area contributed by atoms with Gasteiger partial charge in [-0.3, -0.25) is 4.55 Å². The maximum atomic E-state index is 12.9. The van der Waals surface area contributed by atoms with E-state index in [1.165, 1.54) is 0 Å². The Morgan fingerprint density at radius 2 is 1.39 bits per heavy atom. The second-order valence-corrected chi connectivity index (χ2v) is 5.91. The minimum absolute atomic E-state index is 0.780. The van der Waals surface area contributed by atoms with Gasteiger partial charge in [0.25, 0.3) is 0 Å². The number of hydrogen-bond donors (Lipinski definition) is 2. The van der Waals surface area contributed by atoms with Crippen LogP contribution in [0.5, 0.6) is 0 Å². The smallest absolute Gasteiger partial charge is 0.323 e. The molecule has 0 aromatic carbocycles. The maximum absolute atomic E-state index is 12.9. The van der Waals surface area contributed by atoms with Crippen LogP contribution in [0.4, 0.5) is 35.1 Å². The largest absolute Gasteiger partial charge is 0.434 e. The summed E-state index contributed by atoms with van der Waals surface area (Å²) in [6.07, 6.45) is -12.7. The lowest BCUT2D eigenvalue weighted by Crippen LogP contribution is -2.52. The molecule has 0 amide bonds. The molecule has 4 nitrogen and oxygen atoms in total. The van der Waals surface area contributed by atoms with Gasteiger partial charge in [-0.2, -0.15) is 39.2 Å². The first kappa shape index (κ1) is 24.6. The number of alkyl halides is 8. The monoisotopic (exact) mass is 383 g/mol. The van der Waals surface area contributed by atoms with Gasteiger partial charge in [0.05, 0.1) is 0 Å². The highest BCUT2D eigenvalue weighted by Gasteiger charge is 2.69. The third kappa shape index (κ3) is 8.11. The Balaban J connectivity index is 0. The van der Waals surface area contributed by atoms with Gasteiger partial charge in [-0.05, 0) is 33.4 Å². The molecule has 13 heteroatoms. The molecule has 0 aromatic heterocycles. The van der Waals surface area contributed by atoms with Gasteiger partial charge in [-0.15, -0.1) is 0 Å². The van der Waals surface area contributed by atoms with Gasteiger partial charge in [0, 0.05) is 6.42 Å². The summed E-state index contributed by atoms with van der Waals surface area (Å²) in [7, 11) is -2.81. The van der Waals surface area contributed by atoms with Crippen molar-refractivity contribution >= 4 is 10.1 Å². The van der Waals surface area contributed by atoms with E-state index in [4.69, 9.17) is 4.55 Å². The Labute approximate surface area is 128 Å². The van der Waals surface area contributed by atoms with Crippen molar-refractivity contribution in [1.29, 1.82) is 0 Å². The zero-order chi connectivity index (χ0) is 19.1. The first-order valence-corrected chi connectivity index (χ1v) is 7.50. The van der Waals surface area contributed by atoms with Crippen molar-refractivity contribution in [3.05, 3.63) is 0 Å². The summed E-state index contributed by atoms with van der Waals surface area (Å²) in [6, 6.07) is 0. The molecule has 0 bridgehead atoms. The minimum Gasteiger partial charge on any atom is -0.323 e. The van der Waals surface area contributed by atoms with Crippen LogP contribution < -0.4 is 5.32 Å². The molecule has 0 aliphatic carbocycles. The Kier molecular flexibility index (Phi) is 9.58. The third-order valence-electron chi connectivity index (χ3n) is 2.27. The van der Waals surface area contributed by atoms with Crippen molar-refractivity contribution in [3.8, 4) is 0 Å². The van der Waals surface area contributed by atoms with Gasteiger partial charge >= 0.3 is 27.5 Å². The van der Waals surface area contributed by atoms with Crippen molar-refractivity contribution in [2.75, 3.05) is 14.1 Å². The van der Waals surface area contributed by atoms with Gasteiger partial charge in [0.15, 0.2) is 6.17 Å². The molecule has 0 saturated carbocycles. The number of nitrogens with one attached hydrogen (secondary N) is 1. The van der Waals surface area contributed by atoms with E-state index in [2.05, 4.69) is 5.32 Å². The molecule has 0 rings (SSSR count). The van der Waals surface area contributed by atoms with E-state index in [0.29, 0.717) is 0 Å². The lowest BCUT2D eigenvalue weighted by molar-refractivity contribution is -0.198. The van der Waals surface area contributed by atoms with Crippen LogP contribution in [0, 0.1) is 0 Å². The van der Waals surface area contributed by atoms with Crippen LogP contribution in [0.2, 0.25) is 0 Å². The lowest BCUT2D eigenvalue weighted by atomic mass is 10.1. The molecule has 0 aromatic rings.